The number of carbonyl (C=O) groups is 1. The molecule has 0 saturated heterocycles. The van der Waals surface area contributed by atoms with Crippen LogP contribution in [0.15, 0.2) is 90.2 Å². The molecule has 3 aromatic carbocycles. The number of rotatable bonds is 9. The van der Waals surface area contributed by atoms with Gasteiger partial charge in [0.1, 0.15) is 5.82 Å². The van der Waals surface area contributed by atoms with Crippen LogP contribution in [0.2, 0.25) is 10.0 Å². The van der Waals surface area contributed by atoms with Crippen LogP contribution in [0.4, 0.5) is 5.13 Å². The lowest BCUT2D eigenvalue weighted by molar-refractivity contribution is -0.113. The molecule has 0 spiro atoms. The van der Waals surface area contributed by atoms with E-state index in [1.807, 2.05) is 59.2 Å². The van der Waals surface area contributed by atoms with E-state index in [4.69, 9.17) is 23.2 Å². The van der Waals surface area contributed by atoms with Crippen molar-refractivity contribution in [3.8, 4) is 5.69 Å². The molecular formula is C27H21Cl2N5OS2. The summed E-state index contributed by atoms with van der Waals surface area (Å²) in [6, 6.07) is 25.4. The van der Waals surface area contributed by atoms with Crippen LogP contribution >= 0.6 is 46.3 Å². The summed E-state index contributed by atoms with van der Waals surface area (Å²) in [5, 5.41) is 14.2. The van der Waals surface area contributed by atoms with Gasteiger partial charge in [0.2, 0.25) is 5.91 Å². The van der Waals surface area contributed by atoms with E-state index in [2.05, 4.69) is 32.6 Å². The maximum atomic E-state index is 12.7. The summed E-state index contributed by atoms with van der Waals surface area (Å²) >= 11 is 15.1. The predicted octanol–water partition coefficient (Wildman–Crippen LogP) is 6.94. The van der Waals surface area contributed by atoms with E-state index >= 15 is 0 Å². The first-order valence-corrected chi connectivity index (χ1v) is 14.0. The van der Waals surface area contributed by atoms with Crippen molar-refractivity contribution in [2.75, 3.05) is 11.1 Å². The van der Waals surface area contributed by atoms with Gasteiger partial charge in [-0.2, -0.15) is 0 Å². The van der Waals surface area contributed by atoms with E-state index in [0.717, 1.165) is 27.5 Å². The second-order valence-electron chi connectivity index (χ2n) is 8.11. The number of benzene rings is 3. The van der Waals surface area contributed by atoms with E-state index < -0.39 is 0 Å². The Morgan fingerprint density at radius 1 is 0.946 bits per heavy atom. The molecule has 1 N–H and O–H groups in total. The monoisotopic (exact) mass is 565 g/mol. The molecule has 10 heteroatoms. The highest BCUT2D eigenvalue weighted by molar-refractivity contribution is 7.99. The lowest BCUT2D eigenvalue weighted by Gasteiger charge is -2.10. The van der Waals surface area contributed by atoms with Gasteiger partial charge in [-0.05, 0) is 41.5 Å². The summed E-state index contributed by atoms with van der Waals surface area (Å²) in [6.07, 6.45) is 2.96. The number of thiazole rings is 1. The van der Waals surface area contributed by atoms with Crippen LogP contribution in [0.3, 0.4) is 0 Å². The fourth-order valence-corrected chi connectivity index (χ4v) is 5.72. The van der Waals surface area contributed by atoms with E-state index in [1.165, 1.54) is 23.1 Å². The molecule has 0 unspecified atom stereocenters. The predicted molar refractivity (Wildman–Crippen MR) is 151 cm³/mol. The Hall–Kier alpha value is -3.17. The minimum Gasteiger partial charge on any atom is -0.301 e. The molecule has 0 aliphatic carbocycles. The smallest absolute Gasteiger partial charge is 0.236 e. The fourth-order valence-electron chi connectivity index (χ4n) is 3.72. The van der Waals surface area contributed by atoms with Crippen molar-refractivity contribution in [1.82, 2.24) is 19.7 Å². The van der Waals surface area contributed by atoms with Crippen molar-refractivity contribution in [2.24, 2.45) is 0 Å². The van der Waals surface area contributed by atoms with Crippen LogP contribution in [0.25, 0.3) is 5.69 Å². The normalized spacial score (nSPS) is 11.0. The number of hydrogen-bond donors (Lipinski definition) is 1. The Morgan fingerprint density at radius 3 is 2.49 bits per heavy atom. The maximum absolute atomic E-state index is 12.7. The summed E-state index contributed by atoms with van der Waals surface area (Å²) in [4.78, 5) is 18.1. The van der Waals surface area contributed by atoms with Gasteiger partial charge in [0.05, 0.1) is 5.75 Å². The number of thioether (sulfide) groups is 1. The molecule has 186 valence electrons. The molecule has 0 aliphatic heterocycles. The SMILES string of the molecule is O=C(CSc1nnc(Cc2ccccc2)n1-c1ccccc1)Nc1ncc(Cc2cc(Cl)ccc2Cl)s1. The van der Waals surface area contributed by atoms with Crippen molar-refractivity contribution >= 4 is 57.3 Å². The number of nitrogens with one attached hydrogen (secondary N) is 1. The first kappa shape index (κ1) is 25.5. The molecule has 5 aromatic rings. The summed E-state index contributed by atoms with van der Waals surface area (Å²) in [5.41, 5.74) is 3.00. The van der Waals surface area contributed by atoms with E-state index in [1.54, 1.807) is 18.3 Å². The van der Waals surface area contributed by atoms with Crippen LogP contribution in [0.5, 0.6) is 0 Å². The third-order valence-corrected chi connectivity index (χ3v) is 7.87. The Bertz CT molecular complexity index is 1510. The highest BCUT2D eigenvalue weighted by atomic mass is 35.5. The van der Waals surface area contributed by atoms with Crippen molar-refractivity contribution < 1.29 is 4.79 Å². The van der Waals surface area contributed by atoms with Gasteiger partial charge in [-0.3, -0.25) is 9.36 Å². The van der Waals surface area contributed by atoms with Gasteiger partial charge in [0.15, 0.2) is 10.3 Å². The molecular weight excluding hydrogens is 545 g/mol. The third kappa shape index (κ3) is 6.59. The molecule has 2 aromatic heterocycles. The molecule has 0 saturated carbocycles. The molecule has 37 heavy (non-hydrogen) atoms. The standard InChI is InChI=1S/C27H21Cl2N5OS2/c28-20-11-12-23(29)19(14-20)15-22-16-30-26(37-22)31-25(35)17-36-27-33-32-24(13-18-7-3-1-4-8-18)34(27)21-9-5-2-6-10-21/h1-12,14,16H,13,15,17H2,(H,30,31,35). The zero-order valence-electron chi connectivity index (χ0n) is 19.5. The average molecular weight is 567 g/mol. The molecule has 5 rings (SSSR count). The summed E-state index contributed by atoms with van der Waals surface area (Å²) in [7, 11) is 0. The summed E-state index contributed by atoms with van der Waals surface area (Å²) in [5.74, 6) is 0.814. The Kier molecular flexibility index (Phi) is 8.21. The summed E-state index contributed by atoms with van der Waals surface area (Å²) < 4.78 is 2.00. The molecule has 0 radical (unpaired) electrons. The number of anilines is 1. The van der Waals surface area contributed by atoms with Crippen LogP contribution in [-0.4, -0.2) is 31.4 Å². The Balaban J connectivity index is 1.25. The molecule has 0 atom stereocenters. The molecule has 0 bridgehead atoms. The lowest BCUT2D eigenvalue weighted by atomic mass is 10.1. The molecule has 1 amide bonds. The Morgan fingerprint density at radius 2 is 1.70 bits per heavy atom. The minimum atomic E-state index is -0.168. The number of amides is 1. The third-order valence-electron chi connectivity index (χ3n) is 5.42. The van der Waals surface area contributed by atoms with Gasteiger partial charge < -0.3 is 5.32 Å². The van der Waals surface area contributed by atoms with Gasteiger partial charge in [0, 0.05) is 39.6 Å². The maximum Gasteiger partial charge on any atom is 0.236 e. The first-order valence-electron chi connectivity index (χ1n) is 11.4. The van der Waals surface area contributed by atoms with Crippen LogP contribution in [0, 0.1) is 0 Å². The van der Waals surface area contributed by atoms with Gasteiger partial charge in [-0.25, -0.2) is 4.98 Å². The highest BCUT2D eigenvalue weighted by Gasteiger charge is 2.17. The largest absolute Gasteiger partial charge is 0.301 e. The van der Waals surface area contributed by atoms with Gasteiger partial charge in [0.25, 0.3) is 0 Å². The number of aromatic nitrogens is 4. The van der Waals surface area contributed by atoms with E-state index in [9.17, 15) is 4.79 Å². The first-order chi connectivity index (χ1) is 18.0. The molecule has 6 nitrogen and oxygen atoms in total. The topological polar surface area (TPSA) is 72.7 Å². The van der Waals surface area contributed by atoms with Crippen LogP contribution in [0.1, 0.15) is 21.8 Å². The zero-order chi connectivity index (χ0) is 25.6. The van der Waals surface area contributed by atoms with Gasteiger partial charge in [-0.1, -0.05) is 83.5 Å². The van der Waals surface area contributed by atoms with Crippen molar-refractivity contribution in [3.05, 3.63) is 117 Å². The van der Waals surface area contributed by atoms with Gasteiger partial charge in [-0.15, -0.1) is 21.5 Å². The number of carbonyl (C=O) groups excluding carboxylic acids is 1. The fraction of sp³-hybridized carbons (Fsp3) is 0.111. The number of halogens is 2. The van der Waals surface area contributed by atoms with Crippen LogP contribution in [-0.2, 0) is 17.6 Å². The van der Waals surface area contributed by atoms with E-state index in [-0.39, 0.29) is 11.7 Å². The summed E-state index contributed by atoms with van der Waals surface area (Å²) in [6.45, 7) is 0. The number of hydrogen-bond acceptors (Lipinski definition) is 6. The quantitative estimate of drug-likeness (QED) is 0.196. The van der Waals surface area contributed by atoms with Crippen molar-refractivity contribution in [1.29, 1.82) is 0 Å². The van der Waals surface area contributed by atoms with Crippen LogP contribution < -0.4 is 5.32 Å². The van der Waals surface area contributed by atoms with Gasteiger partial charge >= 0.3 is 0 Å². The molecule has 2 heterocycles. The number of nitrogens with zero attached hydrogens (tertiary/aromatic N) is 4. The lowest BCUT2D eigenvalue weighted by Crippen LogP contribution is -2.14. The minimum absolute atomic E-state index is 0.168. The van der Waals surface area contributed by atoms with E-state index in [0.29, 0.717) is 33.2 Å². The van der Waals surface area contributed by atoms with Crippen molar-refractivity contribution in [3.63, 3.8) is 0 Å². The zero-order valence-corrected chi connectivity index (χ0v) is 22.6. The average Bonchev–Trinajstić information content (AvgIpc) is 3.52. The molecule has 0 aliphatic rings. The number of para-hydroxylation sites is 1. The second kappa shape index (κ2) is 11.9. The Labute approximate surface area is 232 Å². The second-order valence-corrected chi connectivity index (χ2v) is 11.0. The molecule has 0 fully saturated rings. The highest BCUT2D eigenvalue weighted by Crippen LogP contribution is 2.28. The van der Waals surface area contributed by atoms with Crippen molar-refractivity contribution in [2.45, 2.75) is 18.0 Å².